The molecule has 3 nitrogen and oxygen atoms in total. The van der Waals surface area contributed by atoms with Crippen LogP contribution in [0, 0.1) is 0 Å². The summed E-state index contributed by atoms with van der Waals surface area (Å²) in [6.07, 6.45) is 0. The van der Waals surface area contributed by atoms with Gasteiger partial charge in [0, 0.05) is 11.6 Å². The van der Waals surface area contributed by atoms with Gasteiger partial charge >= 0.3 is 0 Å². The van der Waals surface area contributed by atoms with E-state index in [1.807, 2.05) is 6.92 Å². The lowest BCUT2D eigenvalue weighted by Gasteiger charge is -2.22. The average Bonchev–Trinajstić information content (AvgIpc) is 2.25. The normalized spacial score (nSPS) is 13.4. The Labute approximate surface area is 102 Å². The summed E-state index contributed by atoms with van der Waals surface area (Å²) in [5.74, 6) is 0.924. The van der Waals surface area contributed by atoms with Crippen molar-refractivity contribution in [1.82, 2.24) is 0 Å². The Bertz CT molecular complexity index is 397. The summed E-state index contributed by atoms with van der Waals surface area (Å²) in [7, 11) is 3.02. The molecule has 0 saturated heterocycles. The Kier molecular flexibility index (Phi) is 3.98. The summed E-state index contributed by atoms with van der Waals surface area (Å²) in [5.41, 5.74) is 5.58. The largest absolute Gasteiger partial charge is 0.493 e. The standard InChI is InChI=1S/C13H20FNO2/c1-8(15)9-6-10(13(2,3)14)12(17-5)11(7-9)16-4/h6-8H,15H2,1-5H3. The molecule has 17 heavy (non-hydrogen) atoms. The molecule has 0 amide bonds. The highest BCUT2D eigenvalue weighted by atomic mass is 19.1. The van der Waals surface area contributed by atoms with Crippen molar-refractivity contribution in [2.75, 3.05) is 14.2 Å². The predicted octanol–water partition coefficient (Wildman–Crippen LogP) is 2.93. The van der Waals surface area contributed by atoms with Crippen molar-refractivity contribution in [3.8, 4) is 11.5 Å². The van der Waals surface area contributed by atoms with Crippen LogP contribution in [-0.2, 0) is 5.67 Å². The Morgan fingerprint density at radius 3 is 2.18 bits per heavy atom. The van der Waals surface area contributed by atoms with Gasteiger partial charge in [-0.05, 0) is 38.5 Å². The molecule has 0 bridgehead atoms. The van der Waals surface area contributed by atoms with Gasteiger partial charge in [-0.2, -0.15) is 0 Å². The van der Waals surface area contributed by atoms with Crippen LogP contribution in [0.2, 0.25) is 0 Å². The lowest BCUT2D eigenvalue weighted by atomic mass is 9.94. The molecule has 0 aromatic heterocycles. The van der Waals surface area contributed by atoms with Gasteiger partial charge in [-0.25, -0.2) is 4.39 Å². The zero-order chi connectivity index (χ0) is 13.2. The van der Waals surface area contributed by atoms with Crippen LogP contribution in [0.5, 0.6) is 11.5 Å². The molecular weight excluding hydrogens is 221 g/mol. The molecule has 96 valence electrons. The molecule has 0 spiro atoms. The first kappa shape index (κ1) is 13.8. The van der Waals surface area contributed by atoms with Crippen molar-refractivity contribution in [2.24, 2.45) is 5.73 Å². The van der Waals surface area contributed by atoms with Gasteiger partial charge < -0.3 is 15.2 Å². The van der Waals surface area contributed by atoms with Crippen LogP contribution >= 0.6 is 0 Å². The number of methoxy groups -OCH3 is 2. The minimum atomic E-state index is -1.51. The number of halogens is 1. The van der Waals surface area contributed by atoms with Crippen LogP contribution < -0.4 is 15.2 Å². The number of alkyl halides is 1. The van der Waals surface area contributed by atoms with Gasteiger partial charge in [-0.1, -0.05) is 0 Å². The van der Waals surface area contributed by atoms with E-state index in [1.165, 1.54) is 28.1 Å². The van der Waals surface area contributed by atoms with E-state index < -0.39 is 5.67 Å². The van der Waals surface area contributed by atoms with Crippen LogP contribution in [0.4, 0.5) is 4.39 Å². The van der Waals surface area contributed by atoms with Gasteiger partial charge in [0.2, 0.25) is 0 Å². The third-order valence-electron chi connectivity index (χ3n) is 2.67. The molecule has 1 atom stereocenters. The molecule has 1 unspecified atom stereocenters. The minimum absolute atomic E-state index is 0.184. The van der Waals surface area contributed by atoms with E-state index in [0.717, 1.165) is 5.56 Å². The summed E-state index contributed by atoms with van der Waals surface area (Å²) in [5, 5.41) is 0. The summed E-state index contributed by atoms with van der Waals surface area (Å²) >= 11 is 0. The van der Waals surface area contributed by atoms with Gasteiger partial charge in [0.05, 0.1) is 14.2 Å². The highest BCUT2D eigenvalue weighted by molar-refractivity contribution is 5.52. The molecule has 1 rings (SSSR count). The van der Waals surface area contributed by atoms with Gasteiger partial charge in [0.1, 0.15) is 5.67 Å². The maximum Gasteiger partial charge on any atom is 0.167 e. The van der Waals surface area contributed by atoms with Crippen molar-refractivity contribution in [3.63, 3.8) is 0 Å². The predicted molar refractivity (Wildman–Crippen MR) is 66.3 cm³/mol. The molecule has 0 fully saturated rings. The number of hydrogen-bond donors (Lipinski definition) is 1. The molecule has 0 radical (unpaired) electrons. The fourth-order valence-corrected chi connectivity index (χ4v) is 1.69. The van der Waals surface area contributed by atoms with Crippen molar-refractivity contribution in [1.29, 1.82) is 0 Å². The fraction of sp³-hybridized carbons (Fsp3) is 0.538. The third kappa shape index (κ3) is 2.88. The second-order valence-corrected chi connectivity index (χ2v) is 4.57. The Balaban J connectivity index is 3.48. The van der Waals surface area contributed by atoms with Crippen LogP contribution in [0.1, 0.15) is 37.9 Å². The third-order valence-corrected chi connectivity index (χ3v) is 2.67. The van der Waals surface area contributed by atoms with Crippen molar-refractivity contribution in [2.45, 2.75) is 32.5 Å². The van der Waals surface area contributed by atoms with Gasteiger partial charge in [-0.3, -0.25) is 0 Å². The van der Waals surface area contributed by atoms with Gasteiger partial charge in [-0.15, -0.1) is 0 Å². The monoisotopic (exact) mass is 241 g/mol. The topological polar surface area (TPSA) is 44.5 Å². The number of hydrogen-bond acceptors (Lipinski definition) is 3. The summed E-state index contributed by atoms with van der Waals surface area (Å²) in [6, 6.07) is 3.32. The highest BCUT2D eigenvalue weighted by Gasteiger charge is 2.27. The SMILES string of the molecule is COc1cc(C(C)N)cc(C(C)(C)F)c1OC. The number of benzene rings is 1. The lowest BCUT2D eigenvalue weighted by molar-refractivity contribution is 0.211. The maximum absolute atomic E-state index is 14.2. The maximum atomic E-state index is 14.2. The quantitative estimate of drug-likeness (QED) is 0.881. The Morgan fingerprint density at radius 1 is 1.24 bits per heavy atom. The lowest BCUT2D eigenvalue weighted by Crippen LogP contribution is -2.14. The molecule has 0 heterocycles. The van der Waals surface area contributed by atoms with Crippen LogP contribution in [0.15, 0.2) is 12.1 Å². The van der Waals surface area contributed by atoms with Crippen molar-refractivity contribution in [3.05, 3.63) is 23.3 Å². The Hall–Kier alpha value is -1.29. The second kappa shape index (κ2) is 4.92. The first-order valence-electron chi connectivity index (χ1n) is 5.52. The highest BCUT2D eigenvalue weighted by Crippen LogP contribution is 2.41. The van der Waals surface area contributed by atoms with E-state index in [9.17, 15) is 4.39 Å². The molecule has 0 saturated carbocycles. The number of ether oxygens (including phenoxy) is 2. The molecule has 1 aromatic rings. The molecule has 0 aliphatic heterocycles. The molecule has 4 heteroatoms. The minimum Gasteiger partial charge on any atom is -0.493 e. The summed E-state index contributed by atoms with van der Waals surface area (Å²) in [6.45, 7) is 4.81. The summed E-state index contributed by atoms with van der Waals surface area (Å²) < 4.78 is 24.6. The van der Waals surface area contributed by atoms with Crippen LogP contribution in [0.3, 0.4) is 0 Å². The van der Waals surface area contributed by atoms with E-state index >= 15 is 0 Å². The molecular formula is C13H20FNO2. The van der Waals surface area contributed by atoms with E-state index in [2.05, 4.69) is 0 Å². The molecule has 0 aliphatic rings. The zero-order valence-corrected chi connectivity index (χ0v) is 11.0. The summed E-state index contributed by atoms with van der Waals surface area (Å²) in [4.78, 5) is 0. The molecule has 0 aliphatic carbocycles. The van der Waals surface area contributed by atoms with E-state index in [4.69, 9.17) is 15.2 Å². The van der Waals surface area contributed by atoms with Crippen molar-refractivity contribution >= 4 is 0 Å². The fourth-order valence-electron chi connectivity index (χ4n) is 1.69. The van der Waals surface area contributed by atoms with Crippen molar-refractivity contribution < 1.29 is 13.9 Å². The first-order chi connectivity index (χ1) is 7.81. The zero-order valence-electron chi connectivity index (χ0n) is 11.0. The van der Waals surface area contributed by atoms with Crippen LogP contribution in [-0.4, -0.2) is 14.2 Å². The van der Waals surface area contributed by atoms with Gasteiger partial charge in [0.15, 0.2) is 11.5 Å². The first-order valence-corrected chi connectivity index (χ1v) is 5.52. The second-order valence-electron chi connectivity index (χ2n) is 4.57. The molecule has 2 N–H and O–H groups in total. The van der Waals surface area contributed by atoms with E-state index in [0.29, 0.717) is 17.1 Å². The number of nitrogens with two attached hydrogens (primary N) is 1. The molecule has 1 aromatic carbocycles. The van der Waals surface area contributed by atoms with E-state index in [1.54, 1.807) is 12.1 Å². The number of rotatable bonds is 4. The van der Waals surface area contributed by atoms with E-state index in [-0.39, 0.29) is 6.04 Å². The average molecular weight is 241 g/mol. The van der Waals surface area contributed by atoms with Gasteiger partial charge in [0.25, 0.3) is 0 Å². The van der Waals surface area contributed by atoms with Crippen LogP contribution in [0.25, 0.3) is 0 Å². The Morgan fingerprint density at radius 2 is 1.82 bits per heavy atom. The smallest absolute Gasteiger partial charge is 0.167 e.